The van der Waals surface area contributed by atoms with Gasteiger partial charge in [-0.2, -0.15) is 11.3 Å². The molecule has 0 aliphatic carbocycles. The zero-order chi connectivity index (χ0) is 13.5. The molecule has 2 heterocycles. The summed E-state index contributed by atoms with van der Waals surface area (Å²) in [6.45, 7) is 0.473. The van der Waals surface area contributed by atoms with Crippen molar-refractivity contribution in [2.75, 3.05) is 13.7 Å². The Morgan fingerprint density at radius 1 is 1.47 bits per heavy atom. The summed E-state index contributed by atoms with van der Waals surface area (Å²) in [5.74, 6) is -0.106. The van der Waals surface area contributed by atoms with Crippen LogP contribution in [0.3, 0.4) is 0 Å². The van der Waals surface area contributed by atoms with Crippen LogP contribution in [0.15, 0.2) is 40.4 Å². The molecule has 0 aromatic carbocycles. The first-order valence-corrected chi connectivity index (χ1v) is 7.66. The molecular formula is C14H15NO2S2. The molecule has 0 unspecified atom stereocenters. The SMILES string of the molecule is CO[C@H](CNC(=O)/C=C/c1cccs1)c1ccsc1. The summed E-state index contributed by atoms with van der Waals surface area (Å²) in [5, 5.41) is 8.85. The second-order valence-electron chi connectivity index (χ2n) is 3.87. The normalized spacial score (nSPS) is 12.7. The van der Waals surface area contributed by atoms with Gasteiger partial charge in [0.2, 0.25) is 5.91 Å². The van der Waals surface area contributed by atoms with E-state index in [1.807, 2.05) is 40.4 Å². The van der Waals surface area contributed by atoms with Crippen LogP contribution in [0.1, 0.15) is 16.5 Å². The van der Waals surface area contributed by atoms with Crippen LogP contribution >= 0.6 is 22.7 Å². The summed E-state index contributed by atoms with van der Waals surface area (Å²) >= 11 is 3.22. The third-order valence-electron chi connectivity index (χ3n) is 2.60. The maximum Gasteiger partial charge on any atom is 0.244 e. The summed E-state index contributed by atoms with van der Waals surface area (Å²) < 4.78 is 5.37. The van der Waals surface area contributed by atoms with Crippen molar-refractivity contribution < 1.29 is 9.53 Å². The highest BCUT2D eigenvalue weighted by Gasteiger charge is 2.11. The summed E-state index contributed by atoms with van der Waals surface area (Å²) in [5.41, 5.74) is 1.09. The fraction of sp³-hybridized carbons (Fsp3) is 0.214. The molecule has 0 aliphatic rings. The molecule has 0 bridgehead atoms. The number of nitrogens with one attached hydrogen (secondary N) is 1. The van der Waals surface area contributed by atoms with Gasteiger partial charge in [0.1, 0.15) is 6.10 Å². The van der Waals surface area contributed by atoms with Gasteiger partial charge in [-0.3, -0.25) is 4.79 Å². The van der Waals surface area contributed by atoms with Gasteiger partial charge >= 0.3 is 0 Å². The summed E-state index contributed by atoms with van der Waals surface area (Å²) in [6, 6.07) is 5.93. The molecule has 5 heteroatoms. The van der Waals surface area contributed by atoms with E-state index in [9.17, 15) is 4.79 Å². The van der Waals surface area contributed by atoms with Crippen LogP contribution in [0.5, 0.6) is 0 Å². The Kier molecular flexibility index (Phi) is 5.32. The van der Waals surface area contributed by atoms with Crippen molar-refractivity contribution in [3.05, 3.63) is 50.9 Å². The van der Waals surface area contributed by atoms with Gasteiger partial charge in [0.25, 0.3) is 0 Å². The number of thiophene rings is 2. The molecule has 0 aliphatic heterocycles. The Hall–Kier alpha value is -1.43. The van der Waals surface area contributed by atoms with Crippen molar-refractivity contribution in [2.24, 2.45) is 0 Å². The van der Waals surface area contributed by atoms with Crippen molar-refractivity contribution in [2.45, 2.75) is 6.10 Å². The third-order valence-corrected chi connectivity index (χ3v) is 4.14. The van der Waals surface area contributed by atoms with Gasteiger partial charge in [-0.1, -0.05) is 6.07 Å². The zero-order valence-electron chi connectivity index (χ0n) is 10.5. The predicted molar refractivity (Wildman–Crippen MR) is 80.4 cm³/mol. The van der Waals surface area contributed by atoms with E-state index in [2.05, 4.69) is 5.32 Å². The molecule has 1 amide bonds. The van der Waals surface area contributed by atoms with Gasteiger partial charge in [-0.05, 0) is 39.9 Å². The van der Waals surface area contributed by atoms with Crippen LogP contribution in [0.4, 0.5) is 0 Å². The highest BCUT2D eigenvalue weighted by molar-refractivity contribution is 7.10. The molecule has 0 saturated carbocycles. The summed E-state index contributed by atoms with van der Waals surface area (Å²) in [7, 11) is 1.65. The van der Waals surface area contributed by atoms with Crippen LogP contribution in [-0.4, -0.2) is 19.6 Å². The predicted octanol–water partition coefficient (Wildman–Crippen LogP) is 3.33. The van der Waals surface area contributed by atoms with Gasteiger partial charge < -0.3 is 10.1 Å². The number of amides is 1. The Labute approximate surface area is 120 Å². The summed E-state index contributed by atoms with van der Waals surface area (Å²) in [4.78, 5) is 12.7. The molecule has 1 atom stereocenters. The first-order valence-electron chi connectivity index (χ1n) is 5.84. The molecule has 0 spiro atoms. The van der Waals surface area contributed by atoms with E-state index < -0.39 is 0 Å². The number of rotatable bonds is 6. The zero-order valence-corrected chi connectivity index (χ0v) is 12.2. The molecule has 19 heavy (non-hydrogen) atoms. The third kappa shape index (κ3) is 4.31. The van der Waals surface area contributed by atoms with E-state index >= 15 is 0 Å². The maximum absolute atomic E-state index is 11.7. The molecule has 0 fully saturated rings. The van der Waals surface area contributed by atoms with Crippen LogP contribution < -0.4 is 5.32 Å². The van der Waals surface area contributed by atoms with Crippen molar-refractivity contribution >= 4 is 34.7 Å². The average Bonchev–Trinajstić information content (AvgIpc) is 3.10. The number of carbonyl (C=O) groups excluding carboxylic acids is 1. The van der Waals surface area contributed by atoms with Gasteiger partial charge in [0.15, 0.2) is 0 Å². The minimum absolute atomic E-state index is 0.0923. The van der Waals surface area contributed by atoms with E-state index in [-0.39, 0.29) is 12.0 Å². The quantitative estimate of drug-likeness (QED) is 0.830. The monoisotopic (exact) mass is 293 g/mol. The number of methoxy groups -OCH3 is 1. The molecule has 2 aromatic heterocycles. The second kappa shape index (κ2) is 7.23. The Morgan fingerprint density at radius 3 is 3.00 bits per heavy atom. The van der Waals surface area contributed by atoms with E-state index in [1.165, 1.54) is 0 Å². The fourth-order valence-electron chi connectivity index (χ4n) is 1.59. The smallest absolute Gasteiger partial charge is 0.244 e. The first kappa shape index (κ1) is 14.0. The highest BCUT2D eigenvalue weighted by Crippen LogP contribution is 2.18. The van der Waals surface area contributed by atoms with Crippen molar-refractivity contribution in [1.29, 1.82) is 0 Å². The van der Waals surface area contributed by atoms with E-state index in [4.69, 9.17) is 4.74 Å². The van der Waals surface area contributed by atoms with Gasteiger partial charge in [-0.15, -0.1) is 11.3 Å². The van der Waals surface area contributed by atoms with Crippen LogP contribution in [0.2, 0.25) is 0 Å². The van der Waals surface area contributed by atoms with Gasteiger partial charge in [0.05, 0.1) is 0 Å². The number of hydrogen-bond acceptors (Lipinski definition) is 4. The number of carbonyl (C=O) groups is 1. The molecule has 1 N–H and O–H groups in total. The Bertz CT molecular complexity index is 518. The van der Waals surface area contributed by atoms with Crippen LogP contribution in [0.25, 0.3) is 6.08 Å². The standard InChI is InChI=1S/C14H15NO2S2/c1-17-13(11-6-8-18-10-11)9-15-14(16)5-4-12-3-2-7-19-12/h2-8,10,13H,9H2,1H3,(H,15,16)/b5-4+/t13-/m1/s1. The lowest BCUT2D eigenvalue weighted by atomic mass is 10.2. The largest absolute Gasteiger partial charge is 0.375 e. The Balaban J connectivity index is 1.82. The van der Waals surface area contributed by atoms with Gasteiger partial charge in [-0.25, -0.2) is 0 Å². The Morgan fingerprint density at radius 2 is 2.37 bits per heavy atom. The lowest BCUT2D eigenvalue weighted by molar-refractivity contribution is -0.117. The fourth-order valence-corrected chi connectivity index (χ4v) is 2.91. The maximum atomic E-state index is 11.7. The minimum Gasteiger partial charge on any atom is -0.375 e. The van der Waals surface area contributed by atoms with Crippen molar-refractivity contribution in [3.63, 3.8) is 0 Å². The van der Waals surface area contributed by atoms with Crippen molar-refractivity contribution in [1.82, 2.24) is 5.32 Å². The molecule has 0 radical (unpaired) electrons. The molecule has 100 valence electrons. The van der Waals surface area contributed by atoms with Crippen LogP contribution in [0, 0.1) is 0 Å². The van der Waals surface area contributed by atoms with Crippen LogP contribution in [-0.2, 0) is 9.53 Å². The lowest BCUT2D eigenvalue weighted by Gasteiger charge is -2.14. The number of hydrogen-bond donors (Lipinski definition) is 1. The van der Waals surface area contributed by atoms with Gasteiger partial charge in [0, 0.05) is 24.6 Å². The molecule has 2 rings (SSSR count). The lowest BCUT2D eigenvalue weighted by Crippen LogP contribution is -2.27. The molecule has 2 aromatic rings. The first-order chi connectivity index (χ1) is 9.29. The number of ether oxygens (including phenoxy) is 1. The van der Waals surface area contributed by atoms with E-state index in [1.54, 1.807) is 35.9 Å². The highest BCUT2D eigenvalue weighted by atomic mass is 32.1. The topological polar surface area (TPSA) is 38.3 Å². The van der Waals surface area contributed by atoms with E-state index in [0.29, 0.717) is 6.54 Å². The minimum atomic E-state index is -0.106. The summed E-state index contributed by atoms with van der Waals surface area (Å²) in [6.07, 6.45) is 3.27. The van der Waals surface area contributed by atoms with E-state index in [0.717, 1.165) is 10.4 Å². The molecular weight excluding hydrogens is 278 g/mol. The second-order valence-corrected chi connectivity index (χ2v) is 5.63. The molecule has 3 nitrogen and oxygen atoms in total. The average molecular weight is 293 g/mol. The molecule has 0 saturated heterocycles. The van der Waals surface area contributed by atoms with Crippen molar-refractivity contribution in [3.8, 4) is 0 Å².